The topological polar surface area (TPSA) is 26.0 Å². The summed E-state index contributed by atoms with van der Waals surface area (Å²) in [6.07, 6.45) is 3.18. The molecule has 0 bridgehead atoms. The van der Waals surface area contributed by atoms with Crippen molar-refractivity contribution in [3.05, 3.63) is 34.9 Å². The van der Waals surface area contributed by atoms with Crippen molar-refractivity contribution in [2.75, 3.05) is 0 Å². The van der Waals surface area contributed by atoms with Crippen LogP contribution in [0.15, 0.2) is 24.3 Å². The zero-order valence-corrected chi connectivity index (χ0v) is 8.72. The molecule has 1 aromatic rings. The van der Waals surface area contributed by atoms with Crippen molar-refractivity contribution in [1.29, 1.82) is 0 Å². The number of halogens is 1. The highest BCUT2D eigenvalue weighted by atomic mass is 35.5. The molecule has 0 fully saturated rings. The van der Waals surface area contributed by atoms with Crippen molar-refractivity contribution in [1.82, 2.24) is 0 Å². The summed E-state index contributed by atoms with van der Waals surface area (Å²) in [6, 6.07) is 8.19. The molecular weight excluding hydrogens is 182 g/mol. The number of hydrogen-bond acceptors (Lipinski definition) is 1. The summed E-state index contributed by atoms with van der Waals surface area (Å²) in [7, 11) is 0. The van der Waals surface area contributed by atoms with Crippen LogP contribution in [0.25, 0.3) is 0 Å². The summed E-state index contributed by atoms with van der Waals surface area (Å²) in [5.74, 6) is 0. The van der Waals surface area contributed by atoms with E-state index in [1.807, 2.05) is 24.3 Å². The van der Waals surface area contributed by atoms with Crippen molar-refractivity contribution < 1.29 is 0 Å². The Labute approximate surface area is 84.9 Å². The average molecular weight is 198 g/mol. The van der Waals surface area contributed by atoms with Gasteiger partial charge in [0.25, 0.3) is 0 Å². The van der Waals surface area contributed by atoms with Gasteiger partial charge in [-0.25, -0.2) is 0 Å². The van der Waals surface area contributed by atoms with Crippen LogP contribution in [0.2, 0.25) is 5.02 Å². The molecular formula is C11H16ClN. The molecule has 0 amide bonds. The van der Waals surface area contributed by atoms with E-state index in [1.54, 1.807) is 0 Å². The molecule has 72 valence electrons. The maximum absolute atomic E-state index is 5.92. The SMILES string of the molecule is CCC[C@H](N)Cc1ccc(Cl)cc1. The second-order valence-electron chi connectivity index (χ2n) is 3.38. The fourth-order valence-electron chi connectivity index (χ4n) is 1.40. The van der Waals surface area contributed by atoms with E-state index in [9.17, 15) is 0 Å². The molecule has 0 saturated carbocycles. The predicted molar refractivity (Wildman–Crippen MR) is 58.0 cm³/mol. The fourth-order valence-corrected chi connectivity index (χ4v) is 1.52. The standard InChI is InChI=1S/C11H16ClN/c1-2-3-11(13)8-9-4-6-10(12)7-5-9/h4-7,11H,2-3,8,13H2,1H3/t11-/m0/s1. The Morgan fingerprint density at radius 3 is 2.46 bits per heavy atom. The molecule has 0 saturated heterocycles. The van der Waals surface area contributed by atoms with Crippen molar-refractivity contribution in [3.8, 4) is 0 Å². The number of hydrogen-bond donors (Lipinski definition) is 1. The van der Waals surface area contributed by atoms with Crippen LogP contribution in [-0.2, 0) is 6.42 Å². The van der Waals surface area contributed by atoms with Crippen molar-refractivity contribution >= 4 is 11.6 Å². The number of benzene rings is 1. The largest absolute Gasteiger partial charge is 0.327 e. The maximum atomic E-state index is 5.92. The molecule has 2 heteroatoms. The summed E-state index contributed by atoms with van der Waals surface area (Å²) in [5.41, 5.74) is 7.19. The minimum atomic E-state index is 0.283. The van der Waals surface area contributed by atoms with E-state index in [0.717, 1.165) is 24.3 Å². The Kier molecular flexibility index (Phi) is 4.26. The minimum absolute atomic E-state index is 0.283. The molecule has 0 radical (unpaired) electrons. The molecule has 13 heavy (non-hydrogen) atoms. The van der Waals surface area contributed by atoms with Crippen LogP contribution in [0.3, 0.4) is 0 Å². The highest BCUT2D eigenvalue weighted by Crippen LogP contribution is 2.11. The molecule has 0 spiro atoms. The third-order valence-corrected chi connectivity index (χ3v) is 2.32. The Bertz CT molecular complexity index is 243. The second-order valence-corrected chi connectivity index (χ2v) is 3.82. The smallest absolute Gasteiger partial charge is 0.0406 e. The lowest BCUT2D eigenvalue weighted by Crippen LogP contribution is -2.22. The number of nitrogens with two attached hydrogens (primary N) is 1. The molecule has 0 aliphatic rings. The maximum Gasteiger partial charge on any atom is 0.0406 e. The molecule has 1 atom stereocenters. The average Bonchev–Trinajstić information content (AvgIpc) is 2.09. The van der Waals surface area contributed by atoms with Crippen LogP contribution in [0.1, 0.15) is 25.3 Å². The Balaban J connectivity index is 2.49. The van der Waals surface area contributed by atoms with Gasteiger partial charge in [0, 0.05) is 11.1 Å². The van der Waals surface area contributed by atoms with Crippen LogP contribution in [-0.4, -0.2) is 6.04 Å². The van der Waals surface area contributed by atoms with E-state index in [1.165, 1.54) is 5.56 Å². The predicted octanol–water partition coefficient (Wildman–Crippen LogP) is 3.01. The van der Waals surface area contributed by atoms with E-state index < -0.39 is 0 Å². The van der Waals surface area contributed by atoms with Gasteiger partial charge in [0.2, 0.25) is 0 Å². The molecule has 0 aliphatic carbocycles. The van der Waals surface area contributed by atoms with Gasteiger partial charge in [-0.1, -0.05) is 37.1 Å². The van der Waals surface area contributed by atoms with Crippen molar-refractivity contribution in [2.24, 2.45) is 5.73 Å². The van der Waals surface area contributed by atoms with E-state index in [-0.39, 0.29) is 6.04 Å². The van der Waals surface area contributed by atoms with Crippen molar-refractivity contribution in [3.63, 3.8) is 0 Å². The van der Waals surface area contributed by atoms with Gasteiger partial charge >= 0.3 is 0 Å². The monoisotopic (exact) mass is 197 g/mol. The lowest BCUT2D eigenvalue weighted by molar-refractivity contribution is 0.600. The van der Waals surface area contributed by atoms with E-state index in [0.29, 0.717) is 0 Å². The van der Waals surface area contributed by atoms with Gasteiger partial charge in [-0.05, 0) is 30.5 Å². The van der Waals surface area contributed by atoms with Gasteiger partial charge in [-0.3, -0.25) is 0 Å². The third kappa shape index (κ3) is 3.79. The quantitative estimate of drug-likeness (QED) is 0.789. The van der Waals surface area contributed by atoms with Crippen LogP contribution in [0.4, 0.5) is 0 Å². The lowest BCUT2D eigenvalue weighted by Gasteiger charge is -2.09. The van der Waals surface area contributed by atoms with Crippen LogP contribution in [0.5, 0.6) is 0 Å². The first-order valence-electron chi connectivity index (χ1n) is 4.72. The Morgan fingerprint density at radius 1 is 1.31 bits per heavy atom. The molecule has 1 rings (SSSR count). The van der Waals surface area contributed by atoms with E-state index >= 15 is 0 Å². The molecule has 0 aliphatic heterocycles. The van der Waals surface area contributed by atoms with Gasteiger partial charge in [0.1, 0.15) is 0 Å². The Morgan fingerprint density at radius 2 is 1.92 bits per heavy atom. The molecule has 0 heterocycles. The summed E-state index contributed by atoms with van der Waals surface area (Å²) < 4.78 is 0. The zero-order valence-electron chi connectivity index (χ0n) is 7.96. The van der Waals surface area contributed by atoms with Gasteiger partial charge in [-0.2, -0.15) is 0 Å². The van der Waals surface area contributed by atoms with Crippen LogP contribution < -0.4 is 5.73 Å². The first kappa shape index (κ1) is 10.6. The Hall–Kier alpha value is -0.530. The first-order valence-corrected chi connectivity index (χ1v) is 5.10. The van der Waals surface area contributed by atoms with Gasteiger partial charge < -0.3 is 5.73 Å². The molecule has 1 aromatic carbocycles. The first-order chi connectivity index (χ1) is 6.22. The highest BCUT2D eigenvalue weighted by Gasteiger charge is 2.01. The fraction of sp³-hybridized carbons (Fsp3) is 0.455. The summed E-state index contributed by atoms with van der Waals surface area (Å²) in [6.45, 7) is 2.15. The van der Waals surface area contributed by atoms with Crippen molar-refractivity contribution in [2.45, 2.75) is 32.2 Å². The molecule has 0 unspecified atom stereocenters. The van der Waals surface area contributed by atoms with Gasteiger partial charge in [-0.15, -0.1) is 0 Å². The van der Waals surface area contributed by atoms with Gasteiger partial charge in [0.15, 0.2) is 0 Å². The lowest BCUT2D eigenvalue weighted by atomic mass is 10.0. The second kappa shape index (κ2) is 5.25. The van der Waals surface area contributed by atoms with Crippen LogP contribution in [0, 0.1) is 0 Å². The third-order valence-electron chi connectivity index (χ3n) is 2.07. The number of rotatable bonds is 4. The summed E-state index contributed by atoms with van der Waals surface area (Å²) in [4.78, 5) is 0. The summed E-state index contributed by atoms with van der Waals surface area (Å²) >= 11 is 5.78. The zero-order chi connectivity index (χ0) is 9.68. The van der Waals surface area contributed by atoms with E-state index in [2.05, 4.69) is 6.92 Å². The molecule has 1 nitrogen and oxygen atoms in total. The summed E-state index contributed by atoms with van der Waals surface area (Å²) in [5, 5.41) is 0.785. The minimum Gasteiger partial charge on any atom is -0.327 e. The van der Waals surface area contributed by atoms with Gasteiger partial charge in [0.05, 0.1) is 0 Å². The highest BCUT2D eigenvalue weighted by molar-refractivity contribution is 6.30. The van der Waals surface area contributed by atoms with E-state index in [4.69, 9.17) is 17.3 Å². The molecule has 2 N–H and O–H groups in total. The normalized spacial score (nSPS) is 12.8. The van der Waals surface area contributed by atoms with Crippen LogP contribution >= 0.6 is 11.6 Å². The molecule has 0 aromatic heterocycles.